The zero-order valence-electron chi connectivity index (χ0n) is 11.7. The van der Waals surface area contributed by atoms with Gasteiger partial charge in [-0.05, 0) is 31.4 Å². The molecule has 6 heteroatoms. The molecule has 2 N–H and O–H groups in total. The van der Waals surface area contributed by atoms with Crippen molar-refractivity contribution in [3.05, 3.63) is 42.0 Å². The number of aromatic nitrogens is 3. The van der Waals surface area contributed by atoms with Gasteiger partial charge in [0, 0.05) is 19.1 Å². The van der Waals surface area contributed by atoms with Gasteiger partial charge in [-0.1, -0.05) is 18.2 Å². The molecule has 110 valence electrons. The minimum atomic E-state index is -0.292. The van der Waals surface area contributed by atoms with Gasteiger partial charge in [-0.15, -0.1) is 5.10 Å². The van der Waals surface area contributed by atoms with Crippen molar-refractivity contribution in [3.63, 3.8) is 0 Å². The van der Waals surface area contributed by atoms with Gasteiger partial charge in [0.05, 0.1) is 5.69 Å². The van der Waals surface area contributed by atoms with E-state index in [1.165, 1.54) is 0 Å². The maximum Gasteiger partial charge on any atom is 0.290 e. The molecule has 0 spiro atoms. The molecule has 0 bridgehead atoms. The quantitative estimate of drug-likeness (QED) is 0.783. The summed E-state index contributed by atoms with van der Waals surface area (Å²) in [6.07, 6.45) is 2.72. The lowest BCUT2D eigenvalue weighted by Crippen LogP contribution is -2.26. The molecule has 1 amide bonds. The first-order chi connectivity index (χ1) is 10.3. The fourth-order valence-electron chi connectivity index (χ4n) is 2.15. The SMILES string of the molecule is O=C(NCCCO)c1nc(C2CC2)n(-c2ccccc2)n1. The lowest BCUT2D eigenvalue weighted by Gasteiger charge is -2.03. The summed E-state index contributed by atoms with van der Waals surface area (Å²) in [6.45, 7) is 0.480. The molecule has 1 heterocycles. The first-order valence-electron chi connectivity index (χ1n) is 7.21. The number of nitrogens with one attached hydrogen (secondary N) is 1. The van der Waals surface area contributed by atoms with Crippen LogP contribution in [0.2, 0.25) is 0 Å². The van der Waals surface area contributed by atoms with Crippen LogP contribution >= 0.6 is 0 Å². The summed E-state index contributed by atoms with van der Waals surface area (Å²) in [7, 11) is 0. The van der Waals surface area contributed by atoms with E-state index in [1.807, 2.05) is 30.3 Å². The maximum atomic E-state index is 12.0. The molecule has 1 aliphatic rings. The smallest absolute Gasteiger partial charge is 0.290 e. The fraction of sp³-hybridized carbons (Fsp3) is 0.400. The zero-order chi connectivity index (χ0) is 14.7. The molecule has 1 aliphatic carbocycles. The third-order valence-electron chi connectivity index (χ3n) is 3.40. The van der Waals surface area contributed by atoms with E-state index in [9.17, 15) is 4.79 Å². The van der Waals surface area contributed by atoms with Gasteiger partial charge in [0.25, 0.3) is 5.91 Å². The molecule has 1 aromatic heterocycles. The largest absolute Gasteiger partial charge is 0.396 e. The minimum absolute atomic E-state index is 0.0550. The third-order valence-corrected chi connectivity index (χ3v) is 3.40. The Morgan fingerprint density at radius 3 is 2.76 bits per heavy atom. The average molecular weight is 286 g/mol. The van der Waals surface area contributed by atoms with Crippen LogP contribution < -0.4 is 5.32 Å². The highest BCUT2D eigenvalue weighted by Crippen LogP contribution is 2.39. The maximum absolute atomic E-state index is 12.0. The lowest BCUT2D eigenvalue weighted by atomic mass is 10.3. The molecule has 0 unspecified atom stereocenters. The number of carbonyl (C=O) groups is 1. The predicted octanol–water partition coefficient (Wildman–Crippen LogP) is 1.26. The molecule has 21 heavy (non-hydrogen) atoms. The predicted molar refractivity (Wildman–Crippen MR) is 77.4 cm³/mol. The van der Waals surface area contributed by atoms with Crippen LogP contribution in [0.5, 0.6) is 0 Å². The number of rotatable bonds is 6. The molecule has 0 aliphatic heterocycles. The highest BCUT2D eigenvalue weighted by atomic mass is 16.3. The van der Waals surface area contributed by atoms with E-state index in [4.69, 9.17) is 5.11 Å². The molecule has 2 aromatic rings. The van der Waals surface area contributed by atoms with E-state index in [0.29, 0.717) is 18.9 Å². The molecule has 0 atom stereocenters. The molecular formula is C15H18N4O2. The van der Waals surface area contributed by atoms with Crippen molar-refractivity contribution in [2.75, 3.05) is 13.2 Å². The second kappa shape index (κ2) is 6.05. The molecule has 1 aromatic carbocycles. The van der Waals surface area contributed by atoms with Crippen molar-refractivity contribution in [2.45, 2.75) is 25.2 Å². The normalized spacial score (nSPS) is 14.1. The first kappa shape index (κ1) is 13.8. The van der Waals surface area contributed by atoms with Crippen LogP contribution in [0.4, 0.5) is 0 Å². The Balaban J connectivity index is 1.85. The first-order valence-corrected chi connectivity index (χ1v) is 7.21. The van der Waals surface area contributed by atoms with E-state index in [0.717, 1.165) is 24.4 Å². The number of carbonyl (C=O) groups excluding carboxylic acids is 1. The topological polar surface area (TPSA) is 80.0 Å². The number of hydrogen-bond donors (Lipinski definition) is 2. The number of aliphatic hydroxyl groups is 1. The number of para-hydroxylation sites is 1. The van der Waals surface area contributed by atoms with Gasteiger partial charge in [0.15, 0.2) is 0 Å². The van der Waals surface area contributed by atoms with E-state index in [1.54, 1.807) is 4.68 Å². The summed E-state index contributed by atoms with van der Waals surface area (Å²) in [6, 6.07) is 9.73. The standard InChI is InChI=1S/C15H18N4O2/c20-10-4-9-16-15(21)13-17-14(11-7-8-11)19(18-13)12-5-2-1-3-6-12/h1-3,5-6,11,20H,4,7-10H2,(H,16,21). The second-order valence-electron chi connectivity index (χ2n) is 5.15. The van der Waals surface area contributed by atoms with Gasteiger partial charge in [-0.2, -0.15) is 0 Å². The molecule has 0 radical (unpaired) electrons. The second-order valence-corrected chi connectivity index (χ2v) is 5.15. The summed E-state index contributed by atoms with van der Waals surface area (Å²) in [5, 5.41) is 15.8. The Kier molecular flexibility index (Phi) is 3.96. The van der Waals surface area contributed by atoms with Gasteiger partial charge in [0.2, 0.25) is 5.82 Å². The number of aliphatic hydroxyl groups excluding tert-OH is 1. The lowest BCUT2D eigenvalue weighted by molar-refractivity contribution is 0.0941. The number of amides is 1. The van der Waals surface area contributed by atoms with Crippen molar-refractivity contribution in [1.29, 1.82) is 0 Å². The van der Waals surface area contributed by atoms with Crippen molar-refractivity contribution in [2.24, 2.45) is 0 Å². The zero-order valence-corrected chi connectivity index (χ0v) is 11.7. The van der Waals surface area contributed by atoms with Crippen LogP contribution in [0.1, 0.15) is 41.6 Å². The highest BCUT2D eigenvalue weighted by Gasteiger charge is 2.31. The van der Waals surface area contributed by atoms with Crippen molar-refractivity contribution < 1.29 is 9.90 Å². The van der Waals surface area contributed by atoms with Gasteiger partial charge >= 0.3 is 0 Å². The molecule has 6 nitrogen and oxygen atoms in total. The Morgan fingerprint density at radius 1 is 1.33 bits per heavy atom. The van der Waals surface area contributed by atoms with Crippen LogP contribution in [0.25, 0.3) is 5.69 Å². The summed E-state index contributed by atoms with van der Waals surface area (Å²) < 4.78 is 1.76. The number of nitrogens with zero attached hydrogens (tertiary/aromatic N) is 3. The molecule has 1 fully saturated rings. The molecule has 0 saturated heterocycles. The molecule has 3 rings (SSSR count). The number of benzene rings is 1. The fourth-order valence-corrected chi connectivity index (χ4v) is 2.15. The van der Waals surface area contributed by atoms with Crippen LogP contribution in [-0.4, -0.2) is 38.9 Å². The average Bonchev–Trinajstić information content (AvgIpc) is 3.27. The summed E-state index contributed by atoms with van der Waals surface area (Å²) in [5.41, 5.74) is 0.918. The van der Waals surface area contributed by atoms with E-state index >= 15 is 0 Å². The number of hydrogen-bond acceptors (Lipinski definition) is 4. The molecular weight excluding hydrogens is 268 g/mol. The van der Waals surface area contributed by atoms with Gasteiger partial charge in [-0.3, -0.25) is 4.79 Å². The minimum Gasteiger partial charge on any atom is -0.396 e. The highest BCUT2D eigenvalue weighted by molar-refractivity contribution is 5.90. The van der Waals surface area contributed by atoms with Crippen LogP contribution in [-0.2, 0) is 0 Å². The van der Waals surface area contributed by atoms with Crippen LogP contribution in [0.3, 0.4) is 0 Å². The van der Waals surface area contributed by atoms with Crippen molar-refractivity contribution in [1.82, 2.24) is 20.1 Å². The Hall–Kier alpha value is -2.21. The van der Waals surface area contributed by atoms with E-state index in [-0.39, 0.29) is 18.3 Å². The van der Waals surface area contributed by atoms with Gasteiger partial charge in [-0.25, -0.2) is 9.67 Å². The van der Waals surface area contributed by atoms with Gasteiger partial charge < -0.3 is 10.4 Å². The van der Waals surface area contributed by atoms with E-state index < -0.39 is 0 Å². The summed E-state index contributed by atoms with van der Waals surface area (Å²) >= 11 is 0. The summed E-state index contributed by atoms with van der Waals surface area (Å²) in [5.74, 6) is 1.16. The van der Waals surface area contributed by atoms with Gasteiger partial charge in [0.1, 0.15) is 5.82 Å². The Labute approximate surface area is 122 Å². The third kappa shape index (κ3) is 3.11. The van der Waals surface area contributed by atoms with E-state index in [2.05, 4.69) is 15.4 Å². The van der Waals surface area contributed by atoms with Crippen molar-refractivity contribution >= 4 is 5.91 Å². The molecule has 1 saturated carbocycles. The van der Waals surface area contributed by atoms with Crippen LogP contribution in [0, 0.1) is 0 Å². The van der Waals surface area contributed by atoms with Crippen LogP contribution in [0.15, 0.2) is 30.3 Å². The van der Waals surface area contributed by atoms with Crippen molar-refractivity contribution in [3.8, 4) is 5.69 Å². The summed E-state index contributed by atoms with van der Waals surface area (Å²) in [4.78, 5) is 16.4. The Bertz CT molecular complexity index is 620. The monoisotopic (exact) mass is 286 g/mol. The Morgan fingerprint density at radius 2 is 2.10 bits per heavy atom.